The first-order valence-corrected chi connectivity index (χ1v) is 11.4. The van der Waals surface area contributed by atoms with Crippen molar-refractivity contribution in [1.29, 1.82) is 0 Å². The third-order valence-electron chi connectivity index (χ3n) is 4.67. The first-order valence-electron chi connectivity index (χ1n) is 11.0. The van der Waals surface area contributed by atoms with Gasteiger partial charge >= 0.3 is 0 Å². The third kappa shape index (κ3) is 9.21. The summed E-state index contributed by atoms with van der Waals surface area (Å²) in [5.41, 5.74) is 0. The van der Waals surface area contributed by atoms with E-state index in [1.807, 2.05) is 18.2 Å². The molecule has 0 spiro atoms. The molecule has 0 radical (unpaired) electrons. The van der Waals surface area contributed by atoms with Crippen molar-refractivity contribution in [2.75, 3.05) is 39.6 Å². The second kappa shape index (κ2) is 14.5. The molecule has 0 aliphatic heterocycles. The molecule has 0 fully saturated rings. The first-order chi connectivity index (χ1) is 15.0. The van der Waals surface area contributed by atoms with Gasteiger partial charge in [0.15, 0.2) is 0 Å². The van der Waals surface area contributed by atoms with E-state index in [1.165, 1.54) is 0 Å². The molecule has 2 N–H and O–H groups in total. The van der Waals surface area contributed by atoms with E-state index in [0.717, 1.165) is 36.5 Å². The Hall–Kier alpha value is -1.57. The highest BCUT2D eigenvalue weighted by molar-refractivity contribution is 6.37. The summed E-state index contributed by atoms with van der Waals surface area (Å²) in [6.45, 7) is 6.23. The number of rotatable bonds is 16. The topological polar surface area (TPSA) is 77.4 Å². The average molecular weight is 455 g/mol. The molecule has 0 amide bonds. The number of halogens is 1. The molecule has 0 aliphatic rings. The second-order valence-electron chi connectivity index (χ2n) is 7.55. The summed E-state index contributed by atoms with van der Waals surface area (Å²) >= 11 is 6.50. The van der Waals surface area contributed by atoms with Crippen molar-refractivity contribution >= 4 is 22.4 Å². The van der Waals surface area contributed by atoms with Crippen LogP contribution in [0.2, 0.25) is 5.02 Å². The largest absolute Gasteiger partial charge is 0.491 e. The molecule has 2 aromatic carbocycles. The van der Waals surface area contributed by atoms with Gasteiger partial charge < -0.3 is 29.2 Å². The van der Waals surface area contributed by atoms with E-state index in [4.69, 9.17) is 30.5 Å². The molecular formula is C24H35ClO6. The summed E-state index contributed by atoms with van der Waals surface area (Å²) < 4.78 is 22.2. The Labute approximate surface area is 190 Å². The van der Waals surface area contributed by atoms with Crippen LogP contribution in [0.15, 0.2) is 30.3 Å². The maximum Gasteiger partial charge on any atom is 0.138 e. The second-order valence-corrected chi connectivity index (χ2v) is 7.93. The molecule has 0 heterocycles. The summed E-state index contributed by atoms with van der Waals surface area (Å²) in [6.07, 6.45) is 2.69. The molecule has 7 heteroatoms. The molecule has 0 saturated carbocycles. The van der Waals surface area contributed by atoms with Crippen LogP contribution in [0.25, 0.3) is 10.8 Å². The van der Waals surface area contributed by atoms with Crippen molar-refractivity contribution in [3.63, 3.8) is 0 Å². The van der Waals surface area contributed by atoms with Gasteiger partial charge in [0.25, 0.3) is 0 Å². The van der Waals surface area contributed by atoms with Gasteiger partial charge in [-0.2, -0.15) is 0 Å². The zero-order chi connectivity index (χ0) is 22.5. The zero-order valence-corrected chi connectivity index (χ0v) is 19.3. The monoisotopic (exact) mass is 454 g/mol. The lowest BCUT2D eigenvalue weighted by atomic mass is 10.1. The molecule has 0 aromatic heterocycles. The molecule has 174 valence electrons. The predicted octanol–water partition coefficient (Wildman–Crippen LogP) is 4.61. The minimum atomic E-state index is -0.711. The fourth-order valence-corrected chi connectivity index (χ4v) is 3.15. The highest BCUT2D eigenvalue weighted by Crippen LogP contribution is 2.34. The first kappa shape index (κ1) is 25.7. The molecular weight excluding hydrogens is 420 g/mol. The summed E-state index contributed by atoms with van der Waals surface area (Å²) in [6, 6.07) is 9.19. The molecule has 2 atom stereocenters. The third-order valence-corrected chi connectivity index (χ3v) is 5.06. The van der Waals surface area contributed by atoms with Crippen LogP contribution in [0.4, 0.5) is 0 Å². The molecule has 31 heavy (non-hydrogen) atoms. The van der Waals surface area contributed by atoms with Gasteiger partial charge in [0.2, 0.25) is 0 Å². The van der Waals surface area contributed by atoms with Crippen LogP contribution in [-0.2, 0) is 9.47 Å². The number of ether oxygens (including phenoxy) is 4. The van der Waals surface area contributed by atoms with E-state index < -0.39 is 12.2 Å². The van der Waals surface area contributed by atoms with Crippen molar-refractivity contribution in [2.24, 2.45) is 0 Å². The number of unbranched alkanes of at least 4 members (excludes halogenated alkanes) is 2. The van der Waals surface area contributed by atoms with E-state index in [-0.39, 0.29) is 26.4 Å². The molecule has 6 nitrogen and oxygen atoms in total. The average Bonchev–Trinajstić information content (AvgIpc) is 2.77. The fraction of sp³-hybridized carbons (Fsp3) is 0.583. The minimum absolute atomic E-state index is 0.108. The minimum Gasteiger partial charge on any atom is -0.491 e. The van der Waals surface area contributed by atoms with E-state index in [2.05, 4.69) is 13.8 Å². The van der Waals surface area contributed by atoms with Gasteiger partial charge in [-0.25, -0.2) is 0 Å². The maximum absolute atomic E-state index is 10.00. The van der Waals surface area contributed by atoms with Gasteiger partial charge in [-0.3, -0.25) is 0 Å². The number of aliphatic hydroxyl groups is 2. The lowest BCUT2D eigenvalue weighted by Gasteiger charge is -2.15. The SMILES string of the molecule is CCCCOCC(O)COc1ccc2c(Cl)c(OCC(O)COCCCC)ccc2c1. The van der Waals surface area contributed by atoms with Gasteiger partial charge in [0, 0.05) is 18.6 Å². The predicted molar refractivity (Wildman–Crippen MR) is 123 cm³/mol. The summed E-state index contributed by atoms with van der Waals surface area (Å²) in [7, 11) is 0. The highest BCUT2D eigenvalue weighted by Gasteiger charge is 2.12. The zero-order valence-electron chi connectivity index (χ0n) is 18.5. The fourth-order valence-electron chi connectivity index (χ4n) is 2.86. The molecule has 0 aliphatic carbocycles. The van der Waals surface area contributed by atoms with Crippen molar-refractivity contribution in [3.05, 3.63) is 35.4 Å². The Bertz CT molecular complexity index is 769. The van der Waals surface area contributed by atoms with Crippen LogP contribution < -0.4 is 9.47 Å². The van der Waals surface area contributed by atoms with Crippen LogP contribution in [0.1, 0.15) is 39.5 Å². The van der Waals surface area contributed by atoms with Crippen LogP contribution in [-0.4, -0.2) is 62.1 Å². The van der Waals surface area contributed by atoms with Crippen LogP contribution in [0.3, 0.4) is 0 Å². The molecule has 2 aromatic rings. The van der Waals surface area contributed by atoms with Crippen molar-refractivity contribution in [3.8, 4) is 11.5 Å². The van der Waals surface area contributed by atoms with Crippen LogP contribution >= 0.6 is 11.6 Å². The number of aliphatic hydroxyl groups excluding tert-OH is 2. The molecule has 2 unspecified atom stereocenters. The van der Waals surface area contributed by atoms with Gasteiger partial charge in [-0.1, -0.05) is 44.4 Å². The Balaban J connectivity index is 1.86. The quantitative estimate of drug-likeness (QED) is 0.361. The van der Waals surface area contributed by atoms with Crippen molar-refractivity contribution in [1.82, 2.24) is 0 Å². The summed E-state index contributed by atoms with van der Waals surface area (Å²) in [5.74, 6) is 1.15. The lowest BCUT2D eigenvalue weighted by Crippen LogP contribution is -2.23. The normalized spacial score (nSPS) is 13.3. The molecule has 0 saturated heterocycles. The molecule has 2 rings (SSSR count). The summed E-state index contributed by atoms with van der Waals surface area (Å²) in [4.78, 5) is 0. The number of fused-ring (bicyclic) bond motifs is 1. The van der Waals surface area contributed by atoms with Gasteiger partial charge in [-0.05, 0) is 42.5 Å². The van der Waals surface area contributed by atoms with Crippen LogP contribution in [0, 0.1) is 0 Å². The number of hydrogen-bond donors (Lipinski definition) is 2. The van der Waals surface area contributed by atoms with E-state index in [1.54, 1.807) is 12.1 Å². The van der Waals surface area contributed by atoms with E-state index >= 15 is 0 Å². The Kier molecular flexibility index (Phi) is 12.0. The van der Waals surface area contributed by atoms with Gasteiger partial charge in [0.05, 0.1) is 18.2 Å². The Morgan fingerprint density at radius 2 is 1.42 bits per heavy atom. The number of benzene rings is 2. The van der Waals surface area contributed by atoms with Gasteiger partial charge in [-0.15, -0.1) is 0 Å². The van der Waals surface area contributed by atoms with E-state index in [9.17, 15) is 10.2 Å². The number of hydrogen-bond acceptors (Lipinski definition) is 6. The maximum atomic E-state index is 10.00. The molecule has 0 bridgehead atoms. The smallest absolute Gasteiger partial charge is 0.138 e. The van der Waals surface area contributed by atoms with Crippen molar-refractivity contribution in [2.45, 2.75) is 51.7 Å². The standard InChI is InChI=1S/C24H35ClO6/c1-3-5-11-28-14-19(26)16-30-21-8-9-22-18(13-21)7-10-23(24(22)25)31-17-20(27)15-29-12-6-4-2/h7-10,13,19-20,26-27H,3-6,11-12,14-17H2,1-2H3. The summed E-state index contributed by atoms with van der Waals surface area (Å²) in [5, 5.41) is 22.2. The Morgan fingerprint density at radius 1 is 0.806 bits per heavy atom. The van der Waals surface area contributed by atoms with E-state index in [0.29, 0.717) is 29.7 Å². The lowest BCUT2D eigenvalue weighted by molar-refractivity contribution is 0.0113. The van der Waals surface area contributed by atoms with Gasteiger partial charge in [0.1, 0.15) is 36.9 Å². The highest BCUT2D eigenvalue weighted by atomic mass is 35.5. The van der Waals surface area contributed by atoms with Crippen molar-refractivity contribution < 1.29 is 29.2 Å². The Morgan fingerprint density at radius 3 is 2.03 bits per heavy atom. The van der Waals surface area contributed by atoms with Crippen LogP contribution in [0.5, 0.6) is 11.5 Å².